The summed E-state index contributed by atoms with van der Waals surface area (Å²) in [7, 11) is -2.20. The van der Waals surface area contributed by atoms with Crippen molar-refractivity contribution in [1.82, 2.24) is 0 Å². The molecule has 0 atom stereocenters. The molecule has 4 nitrogen and oxygen atoms in total. The fourth-order valence-corrected chi connectivity index (χ4v) is 4.02. The summed E-state index contributed by atoms with van der Waals surface area (Å²) < 4.78 is 29.3. The molecule has 0 aliphatic carbocycles. The van der Waals surface area contributed by atoms with Crippen LogP contribution in [0.15, 0.2) is 29.2 Å². The Morgan fingerprint density at radius 1 is 1.10 bits per heavy atom. The molecule has 0 radical (unpaired) electrons. The first kappa shape index (κ1) is 18.2. The Labute approximate surface area is 134 Å². The molecule has 1 aromatic rings. The molecule has 0 aliphatic heterocycles. The van der Waals surface area contributed by atoms with E-state index in [1.54, 1.807) is 12.1 Å². The van der Waals surface area contributed by atoms with E-state index in [0.717, 1.165) is 31.0 Å². The number of methoxy groups -OCH3 is 1. The molecule has 0 saturated carbocycles. The van der Waals surface area contributed by atoms with Gasteiger partial charge in [0.1, 0.15) is 0 Å². The largest absolute Gasteiger partial charge is 0.465 e. The van der Waals surface area contributed by atoms with Crippen molar-refractivity contribution in [3.8, 4) is 0 Å². The highest BCUT2D eigenvalue weighted by atomic mass is 79.9. The van der Waals surface area contributed by atoms with Crippen LogP contribution in [0.5, 0.6) is 0 Å². The number of ether oxygens (including phenoxy) is 1. The Bertz CT molecular complexity index is 555. The van der Waals surface area contributed by atoms with Gasteiger partial charge in [-0.25, -0.2) is 13.2 Å². The number of halogens is 1. The van der Waals surface area contributed by atoms with Crippen molar-refractivity contribution in [1.29, 1.82) is 0 Å². The van der Waals surface area contributed by atoms with E-state index < -0.39 is 15.8 Å². The average molecular weight is 377 g/mol. The van der Waals surface area contributed by atoms with E-state index >= 15 is 0 Å². The van der Waals surface area contributed by atoms with Crippen molar-refractivity contribution >= 4 is 31.7 Å². The third-order valence-corrected chi connectivity index (χ3v) is 5.59. The summed E-state index contributed by atoms with van der Waals surface area (Å²) in [6.45, 7) is 0. The number of esters is 1. The molecule has 0 fully saturated rings. The summed E-state index contributed by atoms with van der Waals surface area (Å²) >= 11 is 3.37. The summed E-state index contributed by atoms with van der Waals surface area (Å²) in [5.41, 5.74) is 0.110. The third kappa shape index (κ3) is 5.79. The smallest absolute Gasteiger partial charge is 0.339 e. The maximum Gasteiger partial charge on any atom is 0.339 e. The monoisotopic (exact) mass is 376 g/mol. The zero-order valence-electron chi connectivity index (χ0n) is 12.2. The standard InChI is InChI=1S/C15H21BrO4S/c1-20-15(17)13-9-5-6-10-14(13)21(18,19)12-8-4-2-3-7-11-16/h5-6,9-10H,2-4,7-8,11-12H2,1H3. The van der Waals surface area contributed by atoms with Crippen molar-refractivity contribution in [3.63, 3.8) is 0 Å². The minimum atomic E-state index is -3.45. The minimum Gasteiger partial charge on any atom is -0.465 e. The summed E-state index contributed by atoms with van der Waals surface area (Å²) in [5.74, 6) is -0.554. The van der Waals surface area contributed by atoms with Crippen molar-refractivity contribution in [2.24, 2.45) is 0 Å². The highest BCUT2D eigenvalue weighted by Gasteiger charge is 2.22. The lowest BCUT2D eigenvalue weighted by molar-refractivity contribution is 0.0596. The third-order valence-electron chi connectivity index (χ3n) is 3.17. The summed E-state index contributed by atoms with van der Waals surface area (Å²) in [5, 5.41) is 0.984. The van der Waals surface area contributed by atoms with Crippen LogP contribution in [0.1, 0.15) is 42.5 Å². The van der Waals surface area contributed by atoms with Crippen molar-refractivity contribution < 1.29 is 17.9 Å². The Morgan fingerprint density at radius 2 is 1.71 bits per heavy atom. The van der Waals surface area contributed by atoms with E-state index in [2.05, 4.69) is 20.7 Å². The number of sulfone groups is 1. The van der Waals surface area contributed by atoms with E-state index in [9.17, 15) is 13.2 Å². The normalized spacial score (nSPS) is 11.3. The quantitative estimate of drug-likeness (QED) is 0.375. The Morgan fingerprint density at radius 3 is 2.38 bits per heavy atom. The first-order valence-electron chi connectivity index (χ1n) is 6.99. The molecule has 1 rings (SSSR count). The molecule has 0 spiro atoms. The van der Waals surface area contributed by atoms with E-state index in [1.807, 2.05) is 0 Å². The van der Waals surface area contributed by atoms with Gasteiger partial charge < -0.3 is 4.74 Å². The lowest BCUT2D eigenvalue weighted by Gasteiger charge is -2.09. The fourth-order valence-electron chi connectivity index (χ4n) is 2.04. The topological polar surface area (TPSA) is 60.4 Å². The molecule has 21 heavy (non-hydrogen) atoms. The molecule has 118 valence electrons. The molecule has 0 saturated heterocycles. The molecule has 1 aromatic carbocycles. The molecular weight excluding hydrogens is 356 g/mol. The molecule has 0 N–H and O–H groups in total. The van der Waals surface area contributed by atoms with Crippen molar-refractivity contribution in [3.05, 3.63) is 29.8 Å². The lowest BCUT2D eigenvalue weighted by Crippen LogP contribution is -2.13. The van der Waals surface area contributed by atoms with Gasteiger partial charge in [0.15, 0.2) is 9.84 Å². The van der Waals surface area contributed by atoms with Gasteiger partial charge in [0, 0.05) is 5.33 Å². The van der Waals surface area contributed by atoms with Gasteiger partial charge in [0.2, 0.25) is 0 Å². The zero-order valence-corrected chi connectivity index (χ0v) is 14.6. The van der Waals surface area contributed by atoms with Crippen LogP contribution >= 0.6 is 15.9 Å². The van der Waals surface area contributed by atoms with Crippen LogP contribution in [0, 0.1) is 0 Å². The second-order valence-electron chi connectivity index (χ2n) is 4.76. The van der Waals surface area contributed by atoms with Crippen LogP contribution in [0.3, 0.4) is 0 Å². The fraction of sp³-hybridized carbons (Fsp3) is 0.533. The van der Waals surface area contributed by atoms with Gasteiger partial charge in [0.05, 0.1) is 23.3 Å². The van der Waals surface area contributed by atoms with Gasteiger partial charge in [-0.15, -0.1) is 0 Å². The first-order valence-corrected chi connectivity index (χ1v) is 9.76. The zero-order chi connectivity index (χ0) is 15.7. The number of benzene rings is 1. The SMILES string of the molecule is COC(=O)c1ccccc1S(=O)(=O)CCCCCCCBr. The Balaban J connectivity index is 2.68. The van der Waals surface area contributed by atoms with Crippen LogP contribution in [0.25, 0.3) is 0 Å². The Kier molecular flexibility index (Phi) is 7.96. The van der Waals surface area contributed by atoms with Crippen LogP contribution in [-0.2, 0) is 14.6 Å². The van der Waals surface area contributed by atoms with Crippen molar-refractivity contribution in [2.45, 2.75) is 37.0 Å². The van der Waals surface area contributed by atoms with Crippen LogP contribution in [-0.4, -0.2) is 32.6 Å². The maximum atomic E-state index is 12.3. The number of carbonyl (C=O) groups is 1. The molecule has 0 unspecified atom stereocenters. The van der Waals surface area contributed by atoms with Gasteiger partial charge in [-0.2, -0.15) is 0 Å². The van der Waals surface area contributed by atoms with Crippen LogP contribution in [0.4, 0.5) is 0 Å². The number of unbranched alkanes of at least 4 members (excludes halogenated alkanes) is 4. The van der Waals surface area contributed by atoms with Gasteiger partial charge >= 0.3 is 5.97 Å². The van der Waals surface area contributed by atoms with Crippen LogP contribution in [0.2, 0.25) is 0 Å². The molecule has 0 aliphatic rings. The van der Waals surface area contributed by atoms with E-state index in [1.165, 1.54) is 19.2 Å². The molecule has 0 aromatic heterocycles. The van der Waals surface area contributed by atoms with E-state index in [-0.39, 0.29) is 16.2 Å². The Hall–Kier alpha value is -0.880. The predicted octanol–water partition coefficient (Wildman–Crippen LogP) is 3.59. The molecule has 0 heterocycles. The van der Waals surface area contributed by atoms with Gasteiger partial charge in [0.25, 0.3) is 0 Å². The lowest BCUT2D eigenvalue weighted by atomic mass is 10.2. The number of alkyl halides is 1. The average Bonchev–Trinajstić information content (AvgIpc) is 2.50. The molecule has 0 bridgehead atoms. The second-order valence-corrected chi connectivity index (χ2v) is 7.63. The number of carbonyl (C=O) groups excluding carboxylic acids is 1. The summed E-state index contributed by atoms with van der Waals surface area (Å²) in [4.78, 5) is 11.7. The second kappa shape index (κ2) is 9.20. The molecule has 0 amide bonds. The first-order chi connectivity index (χ1) is 10.0. The number of rotatable bonds is 9. The van der Waals surface area contributed by atoms with E-state index in [4.69, 9.17) is 0 Å². The highest BCUT2D eigenvalue weighted by Crippen LogP contribution is 2.19. The minimum absolute atomic E-state index is 0.0648. The highest BCUT2D eigenvalue weighted by molar-refractivity contribution is 9.09. The molecular formula is C15H21BrO4S. The summed E-state index contributed by atoms with van der Waals surface area (Å²) in [6.07, 6.45) is 4.73. The van der Waals surface area contributed by atoms with Gasteiger partial charge in [-0.3, -0.25) is 0 Å². The summed E-state index contributed by atoms with van der Waals surface area (Å²) in [6, 6.07) is 6.20. The number of hydrogen-bond donors (Lipinski definition) is 0. The maximum absolute atomic E-state index is 12.3. The predicted molar refractivity (Wildman–Crippen MR) is 86.7 cm³/mol. The van der Waals surface area contributed by atoms with E-state index in [0.29, 0.717) is 6.42 Å². The van der Waals surface area contributed by atoms with Crippen molar-refractivity contribution in [2.75, 3.05) is 18.2 Å². The van der Waals surface area contributed by atoms with Crippen LogP contribution < -0.4 is 0 Å². The van der Waals surface area contributed by atoms with Gasteiger partial charge in [-0.05, 0) is 25.0 Å². The number of hydrogen-bond acceptors (Lipinski definition) is 4. The van der Waals surface area contributed by atoms with Gasteiger partial charge in [-0.1, -0.05) is 47.3 Å². The molecule has 6 heteroatoms.